The summed E-state index contributed by atoms with van der Waals surface area (Å²) in [6.07, 6.45) is 4.05. The topological polar surface area (TPSA) is 65.6 Å². The van der Waals surface area contributed by atoms with E-state index in [0.29, 0.717) is 20.6 Å². The molecule has 2 aromatic carbocycles. The Labute approximate surface area is 227 Å². The molecule has 1 atom stereocenters. The maximum Gasteiger partial charge on any atom is 0.338 e. The number of benzene rings is 2. The van der Waals surface area contributed by atoms with E-state index >= 15 is 0 Å². The van der Waals surface area contributed by atoms with Crippen molar-refractivity contribution in [3.05, 3.63) is 125 Å². The van der Waals surface area contributed by atoms with E-state index in [1.54, 1.807) is 18.4 Å². The summed E-state index contributed by atoms with van der Waals surface area (Å²) in [4.78, 5) is 33.0. The van der Waals surface area contributed by atoms with Gasteiger partial charge in [0.25, 0.3) is 5.56 Å². The summed E-state index contributed by atoms with van der Waals surface area (Å²) in [5.74, 6) is -0.439. The molecule has 0 radical (unpaired) electrons. The maximum absolute atomic E-state index is 13.9. The number of nitrogens with zero attached hydrogens (tertiary/aromatic N) is 3. The monoisotopic (exact) mass is 539 g/mol. The Balaban J connectivity index is 1.51. The van der Waals surface area contributed by atoms with Gasteiger partial charge in [-0.15, -0.1) is 11.3 Å². The second-order valence-corrected chi connectivity index (χ2v) is 11.0. The molecule has 0 unspecified atom stereocenters. The van der Waals surface area contributed by atoms with Gasteiger partial charge in [-0.3, -0.25) is 9.36 Å². The Bertz CT molecular complexity index is 1860. The van der Waals surface area contributed by atoms with Crippen molar-refractivity contribution >= 4 is 45.6 Å². The van der Waals surface area contributed by atoms with Crippen LogP contribution >= 0.6 is 22.7 Å². The van der Waals surface area contributed by atoms with E-state index in [-0.39, 0.29) is 12.2 Å². The van der Waals surface area contributed by atoms with Crippen molar-refractivity contribution in [2.45, 2.75) is 26.4 Å². The molecule has 5 aromatic rings. The van der Waals surface area contributed by atoms with Gasteiger partial charge in [-0.25, -0.2) is 9.79 Å². The zero-order valence-corrected chi connectivity index (χ0v) is 22.6. The van der Waals surface area contributed by atoms with Crippen LogP contribution in [0.15, 0.2) is 99.4 Å². The minimum Gasteiger partial charge on any atom is -0.463 e. The zero-order chi connectivity index (χ0) is 26.2. The number of aromatic nitrogens is 2. The molecule has 6 rings (SSSR count). The minimum atomic E-state index is -0.563. The number of rotatable bonds is 6. The van der Waals surface area contributed by atoms with Crippen LogP contribution in [0.3, 0.4) is 0 Å². The number of esters is 1. The molecular weight excluding hydrogens is 514 g/mol. The van der Waals surface area contributed by atoms with Crippen LogP contribution in [0.2, 0.25) is 0 Å². The van der Waals surface area contributed by atoms with Crippen LogP contribution < -0.4 is 14.9 Å². The number of carbonyl (C=O) groups excluding carboxylic acids is 1. The van der Waals surface area contributed by atoms with Crippen LogP contribution in [0.1, 0.15) is 35.9 Å². The lowest BCUT2D eigenvalue weighted by molar-refractivity contribution is -0.139. The van der Waals surface area contributed by atoms with Crippen molar-refractivity contribution in [2.24, 2.45) is 4.99 Å². The van der Waals surface area contributed by atoms with E-state index in [9.17, 15) is 9.59 Å². The van der Waals surface area contributed by atoms with Gasteiger partial charge in [0.05, 0.1) is 22.4 Å². The molecule has 0 saturated carbocycles. The summed E-state index contributed by atoms with van der Waals surface area (Å²) in [6.45, 7) is 4.57. The predicted octanol–water partition coefficient (Wildman–Crippen LogP) is 4.86. The van der Waals surface area contributed by atoms with Crippen LogP contribution in [0.25, 0.3) is 17.0 Å². The van der Waals surface area contributed by atoms with Gasteiger partial charge in [0.1, 0.15) is 6.04 Å². The average Bonchev–Trinajstić information content (AvgIpc) is 3.64. The van der Waals surface area contributed by atoms with E-state index in [1.165, 1.54) is 28.2 Å². The lowest BCUT2D eigenvalue weighted by Gasteiger charge is -2.23. The van der Waals surface area contributed by atoms with Gasteiger partial charge in [-0.1, -0.05) is 65.9 Å². The van der Waals surface area contributed by atoms with Gasteiger partial charge < -0.3 is 9.30 Å². The highest BCUT2D eigenvalue weighted by Crippen LogP contribution is 2.33. The number of fused-ring (bicyclic) bond motifs is 2. The van der Waals surface area contributed by atoms with Crippen LogP contribution in [0.4, 0.5) is 0 Å². The van der Waals surface area contributed by atoms with Gasteiger partial charge in [0, 0.05) is 34.1 Å². The Morgan fingerprint density at radius 1 is 1.08 bits per heavy atom. The number of para-hydroxylation sites is 1. The van der Waals surface area contributed by atoms with Gasteiger partial charge >= 0.3 is 5.97 Å². The standard InChI is InChI=1S/C30H25N3O3S2/c1-3-36-29(35)26-19(2)31-30-33(27(26)24-14-9-15-37-24)28(34)25(38-30)16-21-18-32(17-20-10-5-4-6-11-20)23-13-8-7-12-22(21)23/h4-16,18,27H,3,17H2,1-2H3/b25-16-/t27-/m1/s1. The molecular formula is C30H25N3O3S2. The van der Waals surface area contributed by atoms with E-state index in [0.717, 1.165) is 27.9 Å². The third kappa shape index (κ3) is 4.25. The lowest BCUT2D eigenvalue weighted by Crippen LogP contribution is -2.39. The van der Waals surface area contributed by atoms with Gasteiger partial charge in [0.15, 0.2) is 4.80 Å². The molecule has 8 heteroatoms. The minimum absolute atomic E-state index is 0.165. The van der Waals surface area contributed by atoms with E-state index in [2.05, 4.69) is 40.0 Å². The summed E-state index contributed by atoms with van der Waals surface area (Å²) in [7, 11) is 0. The zero-order valence-electron chi connectivity index (χ0n) is 21.0. The molecule has 0 aliphatic carbocycles. The maximum atomic E-state index is 13.9. The molecule has 0 saturated heterocycles. The van der Waals surface area contributed by atoms with Crippen LogP contribution in [0.5, 0.6) is 0 Å². The fourth-order valence-electron chi connectivity index (χ4n) is 4.95. The molecule has 38 heavy (non-hydrogen) atoms. The van der Waals surface area contributed by atoms with Crippen molar-refractivity contribution < 1.29 is 9.53 Å². The first kappa shape index (κ1) is 24.3. The second-order valence-electron chi connectivity index (χ2n) is 9.03. The first-order chi connectivity index (χ1) is 18.5. The van der Waals surface area contributed by atoms with Gasteiger partial charge in [-0.2, -0.15) is 0 Å². The normalized spacial score (nSPS) is 15.5. The summed E-state index contributed by atoms with van der Waals surface area (Å²) >= 11 is 2.86. The van der Waals surface area contributed by atoms with E-state index in [1.807, 2.05) is 53.9 Å². The van der Waals surface area contributed by atoms with Gasteiger partial charge in [-0.05, 0) is 43.0 Å². The SMILES string of the molecule is CCOC(=O)C1=C(C)N=c2s/c(=C\c3cn(Cc4ccccc4)c4ccccc34)c(=O)n2[C@@H]1c1cccs1. The third-order valence-electron chi connectivity index (χ3n) is 6.63. The van der Waals surface area contributed by atoms with Crippen LogP contribution in [-0.4, -0.2) is 21.7 Å². The van der Waals surface area contributed by atoms with E-state index in [4.69, 9.17) is 4.74 Å². The van der Waals surface area contributed by atoms with Crippen molar-refractivity contribution in [1.82, 2.24) is 9.13 Å². The number of carbonyl (C=O) groups is 1. The molecule has 3 aromatic heterocycles. The fraction of sp³-hybridized carbons (Fsp3) is 0.167. The molecule has 6 nitrogen and oxygen atoms in total. The summed E-state index contributed by atoms with van der Waals surface area (Å²) < 4.78 is 9.79. The summed E-state index contributed by atoms with van der Waals surface area (Å²) in [5.41, 5.74) is 4.10. The number of hydrogen-bond acceptors (Lipinski definition) is 6. The first-order valence-electron chi connectivity index (χ1n) is 12.4. The van der Waals surface area contributed by atoms with Crippen molar-refractivity contribution in [1.29, 1.82) is 0 Å². The summed E-state index contributed by atoms with van der Waals surface area (Å²) in [6, 6.07) is 21.9. The number of thiazole rings is 1. The second kappa shape index (κ2) is 10.0. The molecule has 0 amide bonds. The molecule has 0 bridgehead atoms. The highest BCUT2D eigenvalue weighted by molar-refractivity contribution is 7.10. The molecule has 190 valence electrons. The van der Waals surface area contributed by atoms with Crippen LogP contribution in [0, 0.1) is 0 Å². The smallest absolute Gasteiger partial charge is 0.338 e. The summed E-state index contributed by atoms with van der Waals surface area (Å²) in [5, 5.41) is 3.03. The number of thiophene rings is 1. The van der Waals surface area contributed by atoms with Crippen molar-refractivity contribution in [3.63, 3.8) is 0 Å². The van der Waals surface area contributed by atoms with Gasteiger partial charge in [0.2, 0.25) is 0 Å². The Hall–Kier alpha value is -4.01. The van der Waals surface area contributed by atoms with Crippen molar-refractivity contribution in [2.75, 3.05) is 6.61 Å². The Morgan fingerprint density at radius 3 is 2.63 bits per heavy atom. The largest absolute Gasteiger partial charge is 0.463 e. The first-order valence-corrected chi connectivity index (χ1v) is 14.1. The highest BCUT2D eigenvalue weighted by atomic mass is 32.1. The Kier molecular flexibility index (Phi) is 6.43. The predicted molar refractivity (Wildman–Crippen MR) is 152 cm³/mol. The number of hydrogen-bond donors (Lipinski definition) is 0. The average molecular weight is 540 g/mol. The lowest BCUT2D eigenvalue weighted by atomic mass is 10.0. The molecule has 0 fully saturated rings. The number of ether oxygens (including phenoxy) is 1. The van der Waals surface area contributed by atoms with Crippen molar-refractivity contribution in [3.8, 4) is 0 Å². The van der Waals surface area contributed by atoms with E-state index < -0.39 is 12.0 Å². The molecule has 1 aliphatic rings. The molecule has 0 spiro atoms. The quantitative estimate of drug-likeness (QED) is 0.290. The highest BCUT2D eigenvalue weighted by Gasteiger charge is 2.33. The molecule has 1 aliphatic heterocycles. The number of allylic oxidation sites excluding steroid dienone is 1. The third-order valence-corrected chi connectivity index (χ3v) is 8.54. The Morgan fingerprint density at radius 2 is 1.87 bits per heavy atom. The molecule has 0 N–H and O–H groups in total. The van der Waals surface area contributed by atoms with Crippen LogP contribution in [-0.2, 0) is 16.1 Å². The fourth-order valence-corrected chi connectivity index (χ4v) is 6.81. The molecule has 4 heterocycles.